The van der Waals surface area contributed by atoms with E-state index >= 15 is 0 Å². The van der Waals surface area contributed by atoms with Crippen LogP contribution in [0, 0.1) is 10.1 Å². The Labute approximate surface area is 281 Å². The highest BCUT2D eigenvalue weighted by Gasteiger charge is 2.54. The van der Waals surface area contributed by atoms with Crippen molar-refractivity contribution < 1.29 is 32.5 Å². The quantitative estimate of drug-likeness (QED) is 0.256. The van der Waals surface area contributed by atoms with Gasteiger partial charge in [0.2, 0.25) is 21.8 Å². The fourth-order valence-electron chi connectivity index (χ4n) is 5.67. The molecule has 3 unspecified atom stereocenters. The molecule has 0 radical (unpaired) electrons. The number of halogens is 2. The molecule has 1 N–H and O–H groups in total. The van der Waals surface area contributed by atoms with E-state index in [0.717, 1.165) is 4.31 Å². The van der Waals surface area contributed by atoms with E-state index in [1.54, 1.807) is 44.2 Å². The Morgan fingerprint density at radius 2 is 1.68 bits per heavy atom. The number of non-ortho nitro benzene ring substituents is 1. The average molecular weight is 705 g/mol. The minimum atomic E-state index is -4.46. The van der Waals surface area contributed by atoms with Gasteiger partial charge in [-0.3, -0.25) is 19.7 Å². The SMILES string of the molecule is CC(C)N1CC2N(C(=O)C(NC(=O)OCc3ccccc3)CN2S(=O)(=O)c2ccc(Cl)cc2Cl)C(Cc2ccc([N+](=O)[O-])cc2)C1=O. The first-order valence-corrected chi connectivity index (χ1v) is 16.8. The predicted octanol–water partition coefficient (Wildman–Crippen LogP) is 4.22. The smallest absolute Gasteiger partial charge is 0.408 e. The molecule has 0 saturated carbocycles. The predicted molar refractivity (Wildman–Crippen MR) is 172 cm³/mol. The second kappa shape index (κ2) is 13.9. The van der Waals surface area contributed by atoms with E-state index in [9.17, 15) is 32.9 Å². The number of rotatable bonds is 9. The lowest BCUT2D eigenvalue weighted by atomic mass is 9.96. The van der Waals surface area contributed by atoms with E-state index in [1.807, 2.05) is 0 Å². The number of alkyl carbamates (subject to hydrolysis) is 1. The Morgan fingerprint density at radius 3 is 2.30 bits per heavy atom. The van der Waals surface area contributed by atoms with Crippen molar-refractivity contribution in [3.05, 3.63) is 104 Å². The van der Waals surface area contributed by atoms with Crippen LogP contribution in [0.3, 0.4) is 0 Å². The van der Waals surface area contributed by atoms with Gasteiger partial charge in [-0.05, 0) is 43.2 Å². The summed E-state index contributed by atoms with van der Waals surface area (Å²) >= 11 is 12.4. The fraction of sp³-hybridized carbons (Fsp3) is 0.323. The third-order valence-corrected chi connectivity index (χ3v) is 10.6. The molecule has 2 saturated heterocycles. The molecular weight excluding hydrogens is 673 g/mol. The molecule has 0 aromatic heterocycles. The van der Waals surface area contributed by atoms with Crippen molar-refractivity contribution in [2.45, 2.75) is 56.1 Å². The largest absolute Gasteiger partial charge is 0.445 e. The number of nitrogens with one attached hydrogen (secondary N) is 1. The maximum Gasteiger partial charge on any atom is 0.408 e. The molecule has 0 aliphatic carbocycles. The molecule has 5 rings (SSSR count). The van der Waals surface area contributed by atoms with Crippen molar-refractivity contribution in [3.63, 3.8) is 0 Å². The van der Waals surface area contributed by atoms with Crippen molar-refractivity contribution in [2.24, 2.45) is 0 Å². The van der Waals surface area contributed by atoms with Crippen molar-refractivity contribution in [1.82, 2.24) is 19.4 Å². The second-order valence-corrected chi connectivity index (χ2v) is 14.1. The zero-order valence-corrected chi connectivity index (χ0v) is 27.6. The van der Waals surface area contributed by atoms with Gasteiger partial charge >= 0.3 is 6.09 Å². The molecule has 2 heterocycles. The van der Waals surface area contributed by atoms with Crippen molar-refractivity contribution in [1.29, 1.82) is 0 Å². The molecule has 47 heavy (non-hydrogen) atoms. The maximum atomic E-state index is 14.3. The van der Waals surface area contributed by atoms with Crippen LogP contribution in [0.25, 0.3) is 0 Å². The number of fused-ring (bicyclic) bond motifs is 1. The molecule has 2 aliphatic heterocycles. The fourth-order valence-corrected chi connectivity index (χ4v) is 8.01. The van der Waals surface area contributed by atoms with Crippen LogP contribution in [0.2, 0.25) is 10.0 Å². The van der Waals surface area contributed by atoms with Gasteiger partial charge in [-0.2, -0.15) is 4.31 Å². The number of carbonyl (C=O) groups excluding carboxylic acids is 3. The summed E-state index contributed by atoms with van der Waals surface area (Å²) in [5, 5.41) is 13.8. The van der Waals surface area contributed by atoms with Gasteiger partial charge in [0.15, 0.2) is 0 Å². The van der Waals surface area contributed by atoms with Crippen LogP contribution in [0.5, 0.6) is 0 Å². The van der Waals surface area contributed by atoms with E-state index in [0.29, 0.717) is 11.1 Å². The summed E-state index contributed by atoms with van der Waals surface area (Å²) in [5.41, 5.74) is 1.03. The first-order valence-electron chi connectivity index (χ1n) is 14.6. The number of sulfonamides is 1. The molecule has 0 spiro atoms. The lowest BCUT2D eigenvalue weighted by Crippen LogP contribution is -2.76. The van der Waals surface area contributed by atoms with Crippen LogP contribution in [0.4, 0.5) is 10.5 Å². The molecule has 248 valence electrons. The zero-order chi connectivity index (χ0) is 34.0. The summed E-state index contributed by atoms with van der Waals surface area (Å²) in [6.45, 7) is 2.79. The van der Waals surface area contributed by atoms with Crippen molar-refractivity contribution >= 4 is 56.8 Å². The molecule has 3 aromatic rings. The first-order chi connectivity index (χ1) is 22.3. The number of hydrogen-bond donors (Lipinski definition) is 1. The lowest BCUT2D eigenvalue weighted by molar-refractivity contribution is -0.384. The monoisotopic (exact) mass is 703 g/mol. The molecule has 3 atom stereocenters. The minimum Gasteiger partial charge on any atom is -0.445 e. The van der Waals surface area contributed by atoms with Gasteiger partial charge < -0.3 is 19.9 Å². The third kappa shape index (κ3) is 7.20. The molecule has 0 bridgehead atoms. The van der Waals surface area contributed by atoms with Crippen LogP contribution in [-0.2, 0) is 37.4 Å². The Morgan fingerprint density at radius 1 is 1.00 bits per heavy atom. The Hall–Kier alpha value is -4.24. The summed E-state index contributed by atoms with van der Waals surface area (Å²) in [6, 6.07) is 15.2. The number of carbonyl (C=O) groups is 3. The Bertz CT molecular complexity index is 1790. The van der Waals surface area contributed by atoms with E-state index in [2.05, 4.69) is 5.32 Å². The maximum absolute atomic E-state index is 14.3. The van der Waals surface area contributed by atoms with Gasteiger partial charge in [0.1, 0.15) is 29.8 Å². The number of hydrogen-bond acceptors (Lipinski definition) is 8. The van der Waals surface area contributed by atoms with Gasteiger partial charge in [-0.25, -0.2) is 13.2 Å². The van der Waals surface area contributed by atoms with Gasteiger partial charge in [0, 0.05) is 36.2 Å². The number of amides is 3. The van der Waals surface area contributed by atoms with Crippen LogP contribution in [-0.4, -0.2) is 82.7 Å². The van der Waals surface area contributed by atoms with Gasteiger partial charge in [0.25, 0.3) is 5.69 Å². The van der Waals surface area contributed by atoms with E-state index in [4.69, 9.17) is 27.9 Å². The number of nitrogens with zero attached hydrogens (tertiary/aromatic N) is 4. The number of nitro groups is 1. The summed E-state index contributed by atoms with van der Waals surface area (Å²) in [6.07, 6.45) is -2.23. The molecule has 3 amide bonds. The number of benzene rings is 3. The zero-order valence-electron chi connectivity index (χ0n) is 25.3. The number of nitro benzene ring substituents is 1. The highest BCUT2D eigenvalue weighted by molar-refractivity contribution is 7.89. The van der Waals surface area contributed by atoms with Gasteiger partial charge in [0.05, 0.1) is 16.5 Å². The van der Waals surface area contributed by atoms with Crippen molar-refractivity contribution in [2.75, 3.05) is 13.1 Å². The summed E-state index contributed by atoms with van der Waals surface area (Å²) in [5.74, 6) is -1.14. The normalized spacial score (nSPS) is 20.2. The van der Waals surface area contributed by atoms with Gasteiger partial charge in [-0.1, -0.05) is 65.7 Å². The van der Waals surface area contributed by atoms with Crippen LogP contribution < -0.4 is 5.32 Å². The topological polar surface area (TPSA) is 159 Å². The van der Waals surface area contributed by atoms with E-state index in [1.165, 1.54) is 52.3 Å². The molecule has 13 nitrogen and oxygen atoms in total. The third-order valence-electron chi connectivity index (χ3n) is 8.02. The lowest BCUT2D eigenvalue weighted by Gasteiger charge is -2.54. The van der Waals surface area contributed by atoms with Crippen molar-refractivity contribution in [3.8, 4) is 0 Å². The van der Waals surface area contributed by atoms with Crippen LogP contribution in [0.15, 0.2) is 77.7 Å². The Balaban J connectivity index is 1.54. The van der Waals surface area contributed by atoms with E-state index in [-0.39, 0.29) is 46.2 Å². The molecule has 2 aliphatic rings. The number of ether oxygens (including phenoxy) is 1. The van der Waals surface area contributed by atoms with Crippen LogP contribution in [0.1, 0.15) is 25.0 Å². The molecule has 2 fully saturated rings. The highest BCUT2D eigenvalue weighted by Crippen LogP contribution is 2.35. The molecule has 3 aromatic carbocycles. The summed E-state index contributed by atoms with van der Waals surface area (Å²) < 4.78 is 35.0. The standard InChI is InChI=1S/C31H31Cl2N5O8S/c1-19(2)35-17-28-36(47(44,45)27-13-10-22(32)15-24(27)33)16-25(34-31(41)46-18-21-6-4-3-5-7-21)29(39)37(28)26(30(35)40)14-20-8-11-23(12-9-20)38(42)43/h3-13,15,19,25-26,28H,14,16-18H2,1-2H3,(H,34,41). The summed E-state index contributed by atoms with van der Waals surface area (Å²) in [7, 11) is -4.46. The first kappa shape index (κ1) is 34.1. The minimum absolute atomic E-state index is 0.0803. The van der Waals surface area contributed by atoms with Crippen LogP contribution >= 0.6 is 23.2 Å². The summed E-state index contributed by atoms with van der Waals surface area (Å²) in [4.78, 5) is 54.1. The highest BCUT2D eigenvalue weighted by atomic mass is 35.5. The Kier molecular flexibility index (Phi) is 10.1. The second-order valence-electron chi connectivity index (χ2n) is 11.4. The molecule has 16 heteroatoms. The molecular formula is C31H31Cl2N5O8S. The average Bonchev–Trinajstić information content (AvgIpc) is 3.02. The number of piperazine rings is 1. The van der Waals surface area contributed by atoms with E-state index < -0.39 is 57.6 Å². The van der Waals surface area contributed by atoms with Gasteiger partial charge in [-0.15, -0.1) is 0 Å².